The lowest BCUT2D eigenvalue weighted by molar-refractivity contribution is 0.143. The molecule has 90 valence electrons. The molecule has 0 N–H and O–H groups in total. The van der Waals surface area contributed by atoms with Gasteiger partial charge in [-0.25, -0.2) is 0 Å². The van der Waals surface area contributed by atoms with Gasteiger partial charge >= 0.3 is 0 Å². The van der Waals surface area contributed by atoms with Crippen LogP contribution in [0.1, 0.15) is 53.9 Å². The minimum atomic E-state index is 0.495. The SMILES string of the molecule is CC(C)C1CCN(CCC(C)(C)C)CC1. The molecular formula is C14H29N. The second-order valence-corrected chi connectivity index (χ2v) is 6.73. The largest absolute Gasteiger partial charge is 0.303 e. The lowest BCUT2D eigenvalue weighted by atomic mass is 9.86. The molecule has 0 radical (unpaired) electrons. The van der Waals surface area contributed by atoms with Crippen LogP contribution in [0, 0.1) is 17.3 Å². The molecule has 0 amide bonds. The average Bonchev–Trinajstić information content (AvgIpc) is 2.14. The van der Waals surface area contributed by atoms with Gasteiger partial charge in [0.25, 0.3) is 0 Å². The highest BCUT2D eigenvalue weighted by molar-refractivity contribution is 4.75. The second kappa shape index (κ2) is 5.34. The summed E-state index contributed by atoms with van der Waals surface area (Å²) in [4.78, 5) is 2.66. The number of hydrogen-bond acceptors (Lipinski definition) is 1. The van der Waals surface area contributed by atoms with Crippen molar-refractivity contribution in [3.05, 3.63) is 0 Å². The summed E-state index contributed by atoms with van der Waals surface area (Å²) in [5.41, 5.74) is 0.495. The first-order chi connectivity index (χ1) is 6.88. The monoisotopic (exact) mass is 211 g/mol. The first kappa shape index (κ1) is 13.0. The standard InChI is InChI=1S/C14H29N/c1-12(2)13-6-9-15(10-7-13)11-8-14(3,4)5/h12-13H,6-11H2,1-5H3. The van der Waals surface area contributed by atoms with Crippen molar-refractivity contribution >= 4 is 0 Å². The van der Waals surface area contributed by atoms with E-state index in [1.807, 2.05) is 0 Å². The number of hydrogen-bond donors (Lipinski definition) is 0. The Labute approximate surface area is 96.2 Å². The van der Waals surface area contributed by atoms with Crippen molar-refractivity contribution in [3.8, 4) is 0 Å². The van der Waals surface area contributed by atoms with Crippen LogP contribution in [0.2, 0.25) is 0 Å². The Morgan fingerprint density at radius 2 is 1.67 bits per heavy atom. The van der Waals surface area contributed by atoms with Crippen LogP contribution in [-0.2, 0) is 0 Å². The van der Waals surface area contributed by atoms with Crippen molar-refractivity contribution in [3.63, 3.8) is 0 Å². The third kappa shape index (κ3) is 5.01. The van der Waals surface area contributed by atoms with Gasteiger partial charge in [-0.05, 0) is 56.1 Å². The maximum Gasteiger partial charge on any atom is -0.00137 e. The summed E-state index contributed by atoms with van der Waals surface area (Å²) in [5, 5.41) is 0. The van der Waals surface area contributed by atoms with Gasteiger partial charge in [0.2, 0.25) is 0 Å². The van der Waals surface area contributed by atoms with E-state index in [9.17, 15) is 0 Å². The molecule has 1 aliphatic rings. The molecule has 0 bridgehead atoms. The molecular weight excluding hydrogens is 182 g/mol. The minimum absolute atomic E-state index is 0.495. The Bertz CT molecular complexity index is 170. The molecule has 0 aromatic carbocycles. The lowest BCUT2D eigenvalue weighted by Crippen LogP contribution is -2.36. The van der Waals surface area contributed by atoms with Crippen LogP contribution in [0.4, 0.5) is 0 Å². The maximum atomic E-state index is 2.66. The van der Waals surface area contributed by atoms with Gasteiger partial charge in [0.05, 0.1) is 0 Å². The Morgan fingerprint density at radius 1 is 1.13 bits per heavy atom. The Morgan fingerprint density at radius 3 is 2.07 bits per heavy atom. The van der Waals surface area contributed by atoms with Gasteiger partial charge in [-0.1, -0.05) is 34.6 Å². The van der Waals surface area contributed by atoms with E-state index in [2.05, 4.69) is 39.5 Å². The number of piperidine rings is 1. The van der Waals surface area contributed by atoms with E-state index in [1.165, 1.54) is 38.9 Å². The smallest absolute Gasteiger partial charge is 0.00137 e. The fourth-order valence-electron chi connectivity index (χ4n) is 2.34. The summed E-state index contributed by atoms with van der Waals surface area (Å²) in [7, 11) is 0. The lowest BCUT2D eigenvalue weighted by Gasteiger charge is -2.35. The number of rotatable bonds is 3. The quantitative estimate of drug-likeness (QED) is 0.686. The Kier molecular flexibility index (Phi) is 4.64. The molecule has 1 nitrogen and oxygen atoms in total. The van der Waals surface area contributed by atoms with Gasteiger partial charge in [0.1, 0.15) is 0 Å². The zero-order valence-electron chi connectivity index (χ0n) is 11.3. The van der Waals surface area contributed by atoms with Crippen molar-refractivity contribution in [2.45, 2.75) is 53.9 Å². The zero-order chi connectivity index (χ0) is 11.5. The van der Waals surface area contributed by atoms with E-state index in [0.29, 0.717) is 5.41 Å². The van der Waals surface area contributed by atoms with E-state index in [-0.39, 0.29) is 0 Å². The van der Waals surface area contributed by atoms with E-state index < -0.39 is 0 Å². The van der Waals surface area contributed by atoms with Gasteiger partial charge in [-0.15, -0.1) is 0 Å². The second-order valence-electron chi connectivity index (χ2n) is 6.73. The first-order valence-corrected chi connectivity index (χ1v) is 6.61. The predicted octanol–water partition coefficient (Wildman–Crippen LogP) is 3.79. The van der Waals surface area contributed by atoms with Gasteiger partial charge in [0.15, 0.2) is 0 Å². The summed E-state index contributed by atoms with van der Waals surface area (Å²) in [6.07, 6.45) is 4.17. The molecule has 0 aromatic rings. The molecule has 0 spiro atoms. The Hall–Kier alpha value is -0.0400. The van der Waals surface area contributed by atoms with E-state index in [0.717, 1.165) is 11.8 Å². The third-order valence-corrected chi connectivity index (χ3v) is 3.75. The minimum Gasteiger partial charge on any atom is -0.303 e. The first-order valence-electron chi connectivity index (χ1n) is 6.61. The van der Waals surface area contributed by atoms with Crippen LogP contribution in [0.25, 0.3) is 0 Å². The molecule has 0 saturated carbocycles. The molecule has 1 fully saturated rings. The van der Waals surface area contributed by atoms with Gasteiger partial charge in [0, 0.05) is 0 Å². The molecule has 0 aliphatic carbocycles. The van der Waals surface area contributed by atoms with Crippen LogP contribution in [0.15, 0.2) is 0 Å². The maximum absolute atomic E-state index is 2.66. The van der Waals surface area contributed by atoms with Gasteiger partial charge in [-0.2, -0.15) is 0 Å². The average molecular weight is 211 g/mol. The van der Waals surface area contributed by atoms with Crippen molar-refractivity contribution in [1.82, 2.24) is 4.90 Å². The van der Waals surface area contributed by atoms with Crippen molar-refractivity contribution in [1.29, 1.82) is 0 Å². The molecule has 1 rings (SSSR count). The van der Waals surface area contributed by atoms with Crippen LogP contribution in [0.5, 0.6) is 0 Å². The normalized spacial score (nSPS) is 21.2. The van der Waals surface area contributed by atoms with E-state index in [1.54, 1.807) is 0 Å². The number of nitrogens with zero attached hydrogens (tertiary/aromatic N) is 1. The summed E-state index contributed by atoms with van der Waals surface area (Å²) in [6, 6.07) is 0. The van der Waals surface area contributed by atoms with E-state index >= 15 is 0 Å². The molecule has 1 heterocycles. The van der Waals surface area contributed by atoms with Crippen molar-refractivity contribution in [2.24, 2.45) is 17.3 Å². The number of likely N-dealkylation sites (tertiary alicyclic amines) is 1. The highest BCUT2D eigenvalue weighted by Gasteiger charge is 2.22. The predicted molar refractivity (Wildman–Crippen MR) is 68.1 cm³/mol. The molecule has 1 heteroatoms. The fraction of sp³-hybridized carbons (Fsp3) is 1.00. The molecule has 1 aliphatic heterocycles. The topological polar surface area (TPSA) is 3.24 Å². The summed E-state index contributed by atoms with van der Waals surface area (Å²) >= 11 is 0. The third-order valence-electron chi connectivity index (χ3n) is 3.75. The molecule has 1 saturated heterocycles. The molecule has 0 unspecified atom stereocenters. The van der Waals surface area contributed by atoms with Gasteiger partial charge in [-0.3, -0.25) is 0 Å². The Balaban J connectivity index is 2.20. The summed E-state index contributed by atoms with van der Waals surface area (Å²) in [5.74, 6) is 1.87. The fourth-order valence-corrected chi connectivity index (χ4v) is 2.34. The summed E-state index contributed by atoms with van der Waals surface area (Å²) in [6.45, 7) is 15.7. The highest BCUT2D eigenvalue weighted by Crippen LogP contribution is 2.26. The van der Waals surface area contributed by atoms with Crippen LogP contribution in [0.3, 0.4) is 0 Å². The van der Waals surface area contributed by atoms with E-state index in [4.69, 9.17) is 0 Å². The van der Waals surface area contributed by atoms with Gasteiger partial charge < -0.3 is 4.90 Å². The van der Waals surface area contributed by atoms with Crippen LogP contribution < -0.4 is 0 Å². The molecule has 0 atom stereocenters. The van der Waals surface area contributed by atoms with Crippen LogP contribution >= 0.6 is 0 Å². The van der Waals surface area contributed by atoms with Crippen molar-refractivity contribution in [2.75, 3.05) is 19.6 Å². The zero-order valence-corrected chi connectivity index (χ0v) is 11.3. The van der Waals surface area contributed by atoms with Crippen LogP contribution in [-0.4, -0.2) is 24.5 Å². The summed E-state index contributed by atoms with van der Waals surface area (Å²) < 4.78 is 0. The van der Waals surface area contributed by atoms with Crippen molar-refractivity contribution < 1.29 is 0 Å². The highest BCUT2D eigenvalue weighted by atomic mass is 15.1. The molecule has 0 aromatic heterocycles. The molecule has 15 heavy (non-hydrogen) atoms.